The predicted octanol–water partition coefficient (Wildman–Crippen LogP) is 1.61. The molecule has 2 N–H and O–H groups in total. The SMILES string of the molecule is O=C(O)OC(=O)NCCOCc1ccccc1. The summed E-state index contributed by atoms with van der Waals surface area (Å²) < 4.78 is 9.08. The van der Waals surface area contributed by atoms with Crippen LogP contribution in [0.25, 0.3) is 0 Å². The Labute approximate surface area is 98.2 Å². The number of nitrogens with one attached hydrogen (secondary N) is 1. The Bertz CT molecular complexity index is 365. The Morgan fingerprint density at radius 3 is 2.59 bits per heavy atom. The minimum absolute atomic E-state index is 0.193. The lowest BCUT2D eigenvalue weighted by Gasteiger charge is -2.05. The summed E-state index contributed by atoms with van der Waals surface area (Å²) in [5.74, 6) is 0. The standard InChI is InChI=1S/C11H13NO5/c13-10(17-11(14)15)12-6-7-16-8-9-4-2-1-3-5-9/h1-5H,6-8H2,(H,12,13)(H,14,15). The van der Waals surface area contributed by atoms with E-state index in [2.05, 4.69) is 10.1 Å². The number of amides is 1. The maximum absolute atomic E-state index is 10.7. The van der Waals surface area contributed by atoms with Gasteiger partial charge in [0.25, 0.3) is 0 Å². The summed E-state index contributed by atoms with van der Waals surface area (Å²) in [4.78, 5) is 20.7. The zero-order chi connectivity index (χ0) is 12.5. The molecule has 1 aromatic rings. The number of hydrogen-bond donors (Lipinski definition) is 2. The summed E-state index contributed by atoms with van der Waals surface area (Å²) in [6.45, 7) is 0.916. The highest BCUT2D eigenvalue weighted by atomic mass is 16.7. The highest BCUT2D eigenvalue weighted by Gasteiger charge is 2.05. The van der Waals surface area contributed by atoms with Crippen LogP contribution in [0.4, 0.5) is 9.59 Å². The number of rotatable bonds is 5. The van der Waals surface area contributed by atoms with Crippen LogP contribution in [0.3, 0.4) is 0 Å². The van der Waals surface area contributed by atoms with Crippen molar-refractivity contribution in [3.63, 3.8) is 0 Å². The Balaban J connectivity index is 2.05. The van der Waals surface area contributed by atoms with Crippen molar-refractivity contribution < 1.29 is 24.2 Å². The number of hydrogen-bond acceptors (Lipinski definition) is 4. The summed E-state index contributed by atoms with van der Waals surface area (Å²) in [5.41, 5.74) is 1.03. The number of carbonyl (C=O) groups excluding carboxylic acids is 1. The highest BCUT2D eigenvalue weighted by molar-refractivity contribution is 5.79. The van der Waals surface area contributed by atoms with Gasteiger partial charge in [0, 0.05) is 6.54 Å². The lowest BCUT2D eigenvalue weighted by atomic mass is 10.2. The van der Waals surface area contributed by atoms with Gasteiger partial charge in [-0.05, 0) is 5.56 Å². The first-order chi connectivity index (χ1) is 8.18. The van der Waals surface area contributed by atoms with Gasteiger partial charge in [-0.15, -0.1) is 0 Å². The van der Waals surface area contributed by atoms with E-state index in [4.69, 9.17) is 9.84 Å². The molecule has 0 aliphatic heterocycles. The van der Waals surface area contributed by atoms with Crippen molar-refractivity contribution >= 4 is 12.2 Å². The average molecular weight is 239 g/mol. The van der Waals surface area contributed by atoms with Gasteiger partial charge < -0.3 is 19.9 Å². The van der Waals surface area contributed by atoms with E-state index < -0.39 is 12.2 Å². The van der Waals surface area contributed by atoms with Crippen LogP contribution in [0.1, 0.15) is 5.56 Å². The molecule has 1 aromatic carbocycles. The largest absolute Gasteiger partial charge is 0.514 e. The Morgan fingerprint density at radius 2 is 1.94 bits per heavy atom. The molecule has 0 aromatic heterocycles. The Kier molecular flexibility index (Phi) is 5.53. The van der Waals surface area contributed by atoms with Crippen LogP contribution < -0.4 is 5.32 Å². The normalized spacial score (nSPS) is 9.65. The van der Waals surface area contributed by atoms with Crippen LogP contribution in [0.15, 0.2) is 30.3 Å². The topological polar surface area (TPSA) is 84.9 Å². The molecular formula is C11H13NO5. The predicted molar refractivity (Wildman–Crippen MR) is 58.6 cm³/mol. The first-order valence-corrected chi connectivity index (χ1v) is 4.99. The second-order valence-electron chi connectivity index (χ2n) is 3.12. The van der Waals surface area contributed by atoms with Gasteiger partial charge in [0.2, 0.25) is 0 Å². The lowest BCUT2D eigenvalue weighted by molar-refractivity contribution is 0.101. The molecule has 0 aliphatic carbocycles. The zero-order valence-corrected chi connectivity index (χ0v) is 9.09. The second-order valence-corrected chi connectivity index (χ2v) is 3.12. The Hall–Kier alpha value is -2.08. The van der Waals surface area contributed by atoms with Crippen LogP contribution >= 0.6 is 0 Å². The number of carboxylic acid groups (broad SMARTS) is 1. The summed E-state index contributed by atoms with van der Waals surface area (Å²) in [6.07, 6.45) is -2.63. The van der Waals surface area contributed by atoms with E-state index >= 15 is 0 Å². The molecule has 92 valence electrons. The molecule has 0 bridgehead atoms. The van der Waals surface area contributed by atoms with E-state index in [-0.39, 0.29) is 13.2 Å². The summed E-state index contributed by atoms with van der Waals surface area (Å²) in [6, 6.07) is 9.56. The number of ether oxygens (including phenoxy) is 2. The second kappa shape index (κ2) is 7.24. The van der Waals surface area contributed by atoms with E-state index in [0.29, 0.717) is 6.61 Å². The molecule has 0 radical (unpaired) electrons. The van der Waals surface area contributed by atoms with Gasteiger partial charge in [0.05, 0.1) is 13.2 Å². The van der Waals surface area contributed by atoms with Crippen molar-refractivity contribution in [1.29, 1.82) is 0 Å². The number of alkyl carbamates (subject to hydrolysis) is 1. The first kappa shape index (κ1) is 13.0. The molecule has 0 spiro atoms. The third-order valence-corrected chi connectivity index (χ3v) is 1.81. The van der Waals surface area contributed by atoms with E-state index in [1.807, 2.05) is 30.3 Å². The molecule has 0 saturated carbocycles. The quantitative estimate of drug-likeness (QED) is 0.463. The molecule has 6 nitrogen and oxygen atoms in total. The fraction of sp³-hybridized carbons (Fsp3) is 0.273. The lowest BCUT2D eigenvalue weighted by Crippen LogP contribution is -2.29. The third-order valence-electron chi connectivity index (χ3n) is 1.81. The summed E-state index contributed by atoms with van der Waals surface area (Å²) in [5, 5.41) is 10.4. The van der Waals surface area contributed by atoms with Gasteiger partial charge >= 0.3 is 12.2 Å². The van der Waals surface area contributed by atoms with Crippen molar-refractivity contribution in [2.24, 2.45) is 0 Å². The van der Waals surface area contributed by atoms with Crippen molar-refractivity contribution in [3.05, 3.63) is 35.9 Å². The van der Waals surface area contributed by atoms with E-state index in [1.165, 1.54) is 0 Å². The van der Waals surface area contributed by atoms with Gasteiger partial charge in [-0.1, -0.05) is 30.3 Å². The van der Waals surface area contributed by atoms with Crippen molar-refractivity contribution in [3.8, 4) is 0 Å². The van der Waals surface area contributed by atoms with Crippen molar-refractivity contribution in [1.82, 2.24) is 5.32 Å². The van der Waals surface area contributed by atoms with E-state index in [0.717, 1.165) is 5.56 Å². The molecule has 6 heteroatoms. The zero-order valence-electron chi connectivity index (χ0n) is 9.09. The number of carbonyl (C=O) groups is 2. The van der Waals surface area contributed by atoms with Crippen LogP contribution in [0.2, 0.25) is 0 Å². The van der Waals surface area contributed by atoms with Gasteiger partial charge in [0.1, 0.15) is 0 Å². The fourth-order valence-corrected chi connectivity index (χ4v) is 1.10. The van der Waals surface area contributed by atoms with Gasteiger partial charge in [-0.2, -0.15) is 0 Å². The molecule has 0 unspecified atom stereocenters. The van der Waals surface area contributed by atoms with Crippen LogP contribution in [0.5, 0.6) is 0 Å². The van der Waals surface area contributed by atoms with Gasteiger partial charge in [-0.25, -0.2) is 9.59 Å². The minimum Gasteiger partial charge on any atom is -0.449 e. The summed E-state index contributed by atoms with van der Waals surface area (Å²) >= 11 is 0. The molecular weight excluding hydrogens is 226 g/mol. The molecule has 0 saturated heterocycles. The van der Waals surface area contributed by atoms with Crippen LogP contribution in [0, 0.1) is 0 Å². The van der Waals surface area contributed by atoms with Crippen molar-refractivity contribution in [2.75, 3.05) is 13.2 Å². The maximum Gasteiger partial charge on any atom is 0.514 e. The molecule has 1 amide bonds. The highest BCUT2D eigenvalue weighted by Crippen LogP contribution is 1.99. The smallest absolute Gasteiger partial charge is 0.449 e. The van der Waals surface area contributed by atoms with Crippen molar-refractivity contribution in [2.45, 2.75) is 6.61 Å². The Morgan fingerprint density at radius 1 is 1.24 bits per heavy atom. The molecule has 0 fully saturated rings. The fourth-order valence-electron chi connectivity index (χ4n) is 1.10. The minimum atomic E-state index is -1.63. The van der Waals surface area contributed by atoms with Gasteiger partial charge in [-0.3, -0.25) is 0 Å². The van der Waals surface area contributed by atoms with E-state index in [9.17, 15) is 9.59 Å². The van der Waals surface area contributed by atoms with Gasteiger partial charge in [0.15, 0.2) is 0 Å². The van der Waals surface area contributed by atoms with E-state index in [1.54, 1.807) is 0 Å². The molecule has 0 aliphatic rings. The van der Waals surface area contributed by atoms with Crippen LogP contribution in [-0.4, -0.2) is 30.5 Å². The molecule has 17 heavy (non-hydrogen) atoms. The molecule has 0 atom stereocenters. The molecule has 0 heterocycles. The monoisotopic (exact) mass is 239 g/mol. The molecule has 1 rings (SSSR count). The number of benzene rings is 1. The van der Waals surface area contributed by atoms with Crippen LogP contribution in [-0.2, 0) is 16.1 Å². The summed E-state index contributed by atoms with van der Waals surface area (Å²) in [7, 11) is 0. The first-order valence-electron chi connectivity index (χ1n) is 4.99. The third kappa shape index (κ3) is 6.16. The average Bonchev–Trinajstić information content (AvgIpc) is 2.29. The maximum atomic E-state index is 10.7.